The molecule has 122 valence electrons. The summed E-state index contributed by atoms with van der Waals surface area (Å²) in [4.78, 5) is 5.82. The summed E-state index contributed by atoms with van der Waals surface area (Å²) in [5.74, 6) is 0.859. The van der Waals surface area contributed by atoms with Crippen LogP contribution >= 0.6 is 35.3 Å². The van der Waals surface area contributed by atoms with Crippen molar-refractivity contribution in [2.24, 2.45) is 4.99 Å². The van der Waals surface area contributed by atoms with Crippen molar-refractivity contribution in [3.05, 3.63) is 22.4 Å². The number of aliphatic imine (C=N–C) groups is 1. The van der Waals surface area contributed by atoms with Crippen LogP contribution < -0.4 is 10.6 Å². The highest BCUT2D eigenvalue weighted by molar-refractivity contribution is 14.0. The van der Waals surface area contributed by atoms with Crippen LogP contribution in [0.25, 0.3) is 0 Å². The Morgan fingerprint density at radius 3 is 2.81 bits per heavy atom. The molecular weight excluding hydrogens is 401 g/mol. The van der Waals surface area contributed by atoms with Crippen molar-refractivity contribution in [1.29, 1.82) is 0 Å². The van der Waals surface area contributed by atoms with Crippen molar-refractivity contribution < 1.29 is 9.47 Å². The maximum absolute atomic E-state index is 5.41. The highest BCUT2D eigenvalue weighted by Crippen LogP contribution is 2.09. The molecule has 0 atom stereocenters. The SMILES string of the molecule is CCNC(=NCc1cccs1)NCCCOCCOC.I. The maximum Gasteiger partial charge on any atom is 0.191 e. The lowest BCUT2D eigenvalue weighted by atomic mass is 10.4. The molecule has 1 rings (SSSR count). The number of methoxy groups -OCH3 is 1. The number of nitrogens with one attached hydrogen (secondary N) is 2. The molecule has 0 saturated heterocycles. The summed E-state index contributed by atoms with van der Waals surface area (Å²) in [6.07, 6.45) is 0.952. The molecule has 0 unspecified atom stereocenters. The smallest absolute Gasteiger partial charge is 0.191 e. The Labute approximate surface area is 148 Å². The predicted molar refractivity (Wildman–Crippen MR) is 99.9 cm³/mol. The van der Waals surface area contributed by atoms with Crippen molar-refractivity contribution in [2.75, 3.05) is 40.0 Å². The summed E-state index contributed by atoms with van der Waals surface area (Å²) in [5.41, 5.74) is 0. The number of hydrogen-bond acceptors (Lipinski definition) is 4. The Bertz CT molecular complexity index is 361. The average Bonchev–Trinajstić information content (AvgIpc) is 2.97. The fraction of sp³-hybridized carbons (Fsp3) is 0.643. The van der Waals surface area contributed by atoms with E-state index in [2.05, 4.69) is 34.0 Å². The third-order valence-electron chi connectivity index (χ3n) is 2.51. The molecule has 1 heterocycles. The molecule has 0 saturated carbocycles. The van der Waals surface area contributed by atoms with Gasteiger partial charge in [0.05, 0.1) is 19.8 Å². The van der Waals surface area contributed by atoms with Gasteiger partial charge in [0.25, 0.3) is 0 Å². The van der Waals surface area contributed by atoms with Crippen LogP contribution in [0.1, 0.15) is 18.2 Å². The number of guanidine groups is 1. The zero-order chi connectivity index (χ0) is 14.5. The highest BCUT2D eigenvalue weighted by atomic mass is 127. The first-order valence-corrected chi connectivity index (χ1v) is 7.86. The van der Waals surface area contributed by atoms with Crippen LogP contribution in [0.15, 0.2) is 22.5 Å². The Morgan fingerprint density at radius 2 is 2.14 bits per heavy atom. The van der Waals surface area contributed by atoms with Gasteiger partial charge < -0.3 is 20.1 Å². The zero-order valence-electron chi connectivity index (χ0n) is 12.8. The van der Waals surface area contributed by atoms with Crippen LogP contribution in [-0.2, 0) is 16.0 Å². The molecule has 7 heteroatoms. The third kappa shape index (κ3) is 10.9. The van der Waals surface area contributed by atoms with E-state index >= 15 is 0 Å². The van der Waals surface area contributed by atoms with E-state index in [4.69, 9.17) is 9.47 Å². The molecule has 1 aromatic heterocycles. The summed E-state index contributed by atoms with van der Waals surface area (Å²) in [6, 6.07) is 4.15. The standard InChI is InChI=1S/C14H25N3O2S.HI/c1-3-15-14(17-12-13-6-4-11-20-13)16-7-5-8-19-10-9-18-2;/h4,6,11H,3,5,7-10,12H2,1-2H3,(H2,15,16,17);1H. The molecule has 0 aliphatic carbocycles. The van der Waals surface area contributed by atoms with Crippen LogP contribution in [0.3, 0.4) is 0 Å². The topological polar surface area (TPSA) is 54.9 Å². The number of ether oxygens (including phenoxy) is 2. The Morgan fingerprint density at radius 1 is 1.29 bits per heavy atom. The third-order valence-corrected chi connectivity index (χ3v) is 3.37. The van der Waals surface area contributed by atoms with Crippen LogP contribution in [-0.4, -0.2) is 46.0 Å². The van der Waals surface area contributed by atoms with Gasteiger partial charge >= 0.3 is 0 Å². The van der Waals surface area contributed by atoms with E-state index in [1.165, 1.54) is 4.88 Å². The molecule has 0 aliphatic heterocycles. The number of rotatable bonds is 10. The number of hydrogen-bond donors (Lipinski definition) is 2. The molecule has 2 N–H and O–H groups in total. The maximum atomic E-state index is 5.41. The quantitative estimate of drug-likeness (QED) is 0.261. The van der Waals surface area contributed by atoms with E-state index in [0.29, 0.717) is 13.2 Å². The molecule has 21 heavy (non-hydrogen) atoms. The molecule has 0 bridgehead atoms. The lowest BCUT2D eigenvalue weighted by Gasteiger charge is -2.11. The summed E-state index contributed by atoms with van der Waals surface area (Å²) >= 11 is 1.73. The highest BCUT2D eigenvalue weighted by Gasteiger charge is 1.98. The zero-order valence-corrected chi connectivity index (χ0v) is 15.9. The van der Waals surface area contributed by atoms with Crippen LogP contribution in [0, 0.1) is 0 Å². The average molecular weight is 427 g/mol. The van der Waals surface area contributed by atoms with Gasteiger partial charge in [-0.1, -0.05) is 6.07 Å². The summed E-state index contributed by atoms with van der Waals surface area (Å²) in [5, 5.41) is 8.62. The largest absolute Gasteiger partial charge is 0.382 e. The van der Waals surface area contributed by atoms with E-state index in [-0.39, 0.29) is 24.0 Å². The minimum atomic E-state index is 0. The summed E-state index contributed by atoms with van der Waals surface area (Å²) in [7, 11) is 1.68. The van der Waals surface area contributed by atoms with Crippen molar-refractivity contribution >= 4 is 41.3 Å². The molecule has 0 aromatic carbocycles. The van der Waals surface area contributed by atoms with Gasteiger partial charge in [0.2, 0.25) is 0 Å². The van der Waals surface area contributed by atoms with Gasteiger partial charge in [-0.15, -0.1) is 35.3 Å². The van der Waals surface area contributed by atoms with Crippen molar-refractivity contribution in [3.63, 3.8) is 0 Å². The minimum absolute atomic E-state index is 0. The lowest BCUT2D eigenvalue weighted by molar-refractivity contribution is 0.0698. The van der Waals surface area contributed by atoms with Gasteiger partial charge in [0.15, 0.2) is 5.96 Å². The minimum Gasteiger partial charge on any atom is -0.382 e. The van der Waals surface area contributed by atoms with Gasteiger partial charge in [-0.3, -0.25) is 0 Å². The molecule has 0 spiro atoms. The van der Waals surface area contributed by atoms with Crippen molar-refractivity contribution in [1.82, 2.24) is 10.6 Å². The van der Waals surface area contributed by atoms with Crippen LogP contribution in [0.4, 0.5) is 0 Å². The predicted octanol–water partition coefficient (Wildman–Crippen LogP) is 2.47. The molecule has 1 aromatic rings. The molecular formula is C14H26IN3O2S. The lowest BCUT2D eigenvalue weighted by Crippen LogP contribution is -2.38. The van der Waals surface area contributed by atoms with Crippen LogP contribution in [0.2, 0.25) is 0 Å². The van der Waals surface area contributed by atoms with E-state index in [1.54, 1.807) is 18.4 Å². The van der Waals surface area contributed by atoms with E-state index in [1.807, 2.05) is 6.07 Å². The molecule has 0 amide bonds. The van der Waals surface area contributed by atoms with Gasteiger partial charge in [0, 0.05) is 31.7 Å². The van der Waals surface area contributed by atoms with Gasteiger partial charge in [-0.2, -0.15) is 0 Å². The monoisotopic (exact) mass is 427 g/mol. The van der Waals surface area contributed by atoms with Crippen molar-refractivity contribution in [2.45, 2.75) is 19.9 Å². The van der Waals surface area contributed by atoms with Crippen LogP contribution in [0.5, 0.6) is 0 Å². The van der Waals surface area contributed by atoms with Crippen molar-refractivity contribution in [3.8, 4) is 0 Å². The first-order chi connectivity index (χ1) is 9.86. The van der Waals surface area contributed by atoms with Gasteiger partial charge in [-0.25, -0.2) is 4.99 Å². The first-order valence-electron chi connectivity index (χ1n) is 6.98. The number of thiophene rings is 1. The summed E-state index contributed by atoms with van der Waals surface area (Å²) in [6.45, 7) is 6.54. The number of nitrogens with zero attached hydrogens (tertiary/aromatic N) is 1. The second kappa shape index (κ2) is 14.6. The molecule has 0 aliphatic rings. The summed E-state index contributed by atoms with van der Waals surface area (Å²) < 4.78 is 10.3. The number of halogens is 1. The molecule has 0 fully saturated rings. The molecule has 0 radical (unpaired) electrons. The van der Waals surface area contributed by atoms with Gasteiger partial charge in [-0.05, 0) is 24.8 Å². The van der Waals surface area contributed by atoms with E-state index in [9.17, 15) is 0 Å². The normalized spacial score (nSPS) is 11.0. The second-order valence-electron chi connectivity index (χ2n) is 4.16. The molecule has 5 nitrogen and oxygen atoms in total. The first kappa shape index (κ1) is 20.6. The van der Waals surface area contributed by atoms with E-state index < -0.39 is 0 Å². The van der Waals surface area contributed by atoms with Gasteiger partial charge in [0.1, 0.15) is 0 Å². The van der Waals surface area contributed by atoms with E-state index in [0.717, 1.165) is 38.6 Å². The fourth-order valence-electron chi connectivity index (χ4n) is 1.53. The Balaban J connectivity index is 0.00000400. The Hall–Kier alpha value is -0.380. The fourth-order valence-corrected chi connectivity index (χ4v) is 2.15. The Kier molecular flexibility index (Phi) is 14.3. The second-order valence-corrected chi connectivity index (χ2v) is 5.19.